The van der Waals surface area contributed by atoms with Crippen LogP contribution in [0.1, 0.15) is 16.2 Å². The highest BCUT2D eigenvalue weighted by Crippen LogP contribution is 2.22. The van der Waals surface area contributed by atoms with Crippen molar-refractivity contribution in [3.05, 3.63) is 83.1 Å². The van der Waals surface area contributed by atoms with Crippen molar-refractivity contribution in [3.8, 4) is 0 Å². The van der Waals surface area contributed by atoms with Crippen LogP contribution in [0.4, 0.5) is 0 Å². The van der Waals surface area contributed by atoms with Gasteiger partial charge in [0.25, 0.3) is 0 Å². The maximum absolute atomic E-state index is 12.7. The van der Waals surface area contributed by atoms with Crippen molar-refractivity contribution in [3.63, 3.8) is 0 Å². The molecule has 3 aromatic rings. The normalized spacial score (nSPS) is 11.3. The molecule has 6 nitrogen and oxygen atoms in total. The third kappa shape index (κ3) is 5.43. The Balaban J connectivity index is 1.77. The molecule has 0 aliphatic heterocycles. The molecular weight excluding hydrogens is 474 g/mol. The van der Waals surface area contributed by atoms with Gasteiger partial charge in [0.1, 0.15) is 11.6 Å². The van der Waals surface area contributed by atoms with Gasteiger partial charge < -0.3 is 4.57 Å². The molecule has 150 valence electrons. The van der Waals surface area contributed by atoms with Crippen LogP contribution in [0, 0.1) is 0 Å². The molecule has 0 saturated carbocycles. The first-order valence-electron chi connectivity index (χ1n) is 8.63. The van der Waals surface area contributed by atoms with Gasteiger partial charge in [-0.15, -0.1) is 16.8 Å². The van der Waals surface area contributed by atoms with E-state index in [1.54, 1.807) is 53.1 Å². The van der Waals surface area contributed by atoms with Gasteiger partial charge in [0.2, 0.25) is 0 Å². The molecule has 0 fully saturated rings. The minimum atomic E-state index is -3.56. The molecular formula is C20H18BrN3O3S2. The number of allylic oxidation sites excluding steroid dienone is 1. The van der Waals surface area contributed by atoms with Gasteiger partial charge >= 0.3 is 0 Å². The highest BCUT2D eigenvalue weighted by Gasteiger charge is 2.21. The lowest BCUT2D eigenvalue weighted by Crippen LogP contribution is -2.12. The molecule has 0 amide bonds. The van der Waals surface area contributed by atoms with E-state index in [1.807, 2.05) is 12.1 Å². The Kier molecular flexibility index (Phi) is 7.05. The van der Waals surface area contributed by atoms with Crippen molar-refractivity contribution in [2.24, 2.45) is 0 Å². The first-order valence-corrected chi connectivity index (χ1v) is 12.1. The second-order valence-electron chi connectivity index (χ2n) is 6.09. The largest absolute Gasteiger partial charge is 0.301 e. The molecule has 1 heterocycles. The van der Waals surface area contributed by atoms with Crippen molar-refractivity contribution in [1.82, 2.24) is 14.8 Å². The lowest BCUT2D eigenvalue weighted by molar-refractivity contribution is 0.102. The molecule has 9 heteroatoms. The number of carbonyl (C=O) groups is 1. The number of sulfone groups is 1. The SMILES string of the molecule is C=CCn1c(CS(=O)(=O)c2ccccc2)nnc1SCC(=O)c1ccc(Br)cc1. The monoisotopic (exact) mass is 491 g/mol. The summed E-state index contributed by atoms with van der Waals surface area (Å²) in [6, 6.07) is 15.3. The predicted molar refractivity (Wildman–Crippen MR) is 117 cm³/mol. The number of aromatic nitrogens is 3. The molecule has 29 heavy (non-hydrogen) atoms. The number of benzene rings is 2. The summed E-state index contributed by atoms with van der Waals surface area (Å²) in [7, 11) is -3.56. The number of ketones is 1. The van der Waals surface area contributed by atoms with E-state index in [9.17, 15) is 13.2 Å². The van der Waals surface area contributed by atoms with Gasteiger partial charge in [-0.05, 0) is 24.3 Å². The van der Waals surface area contributed by atoms with Crippen molar-refractivity contribution < 1.29 is 13.2 Å². The molecule has 2 aromatic carbocycles. The molecule has 1 aromatic heterocycles. The number of rotatable bonds is 9. The smallest absolute Gasteiger partial charge is 0.191 e. The second-order valence-corrected chi connectivity index (χ2v) is 9.94. The molecule has 3 rings (SSSR count). The predicted octanol–water partition coefficient (Wildman–Crippen LogP) is 4.18. The fraction of sp³-hybridized carbons (Fsp3) is 0.150. The minimum absolute atomic E-state index is 0.0471. The molecule has 0 aliphatic carbocycles. The van der Waals surface area contributed by atoms with E-state index in [4.69, 9.17) is 0 Å². The highest BCUT2D eigenvalue weighted by molar-refractivity contribution is 9.10. The Morgan fingerprint density at radius 3 is 2.45 bits per heavy atom. The van der Waals surface area contributed by atoms with Crippen molar-refractivity contribution in [2.45, 2.75) is 22.3 Å². The summed E-state index contributed by atoms with van der Waals surface area (Å²) in [6.45, 7) is 4.07. The Bertz CT molecular complexity index is 1110. The van der Waals surface area contributed by atoms with Gasteiger partial charge in [-0.25, -0.2) is 8.42 Å². The van der Waals surface area contributed by atoms with Gasteiger partial charge in [0.05, 0.1) is 10.6 Å². The summed E-state index contributed by atoms with van der Waals surface area (Å²) in [6.07, 6.45) is 1.64. The number of nitrogens with zero attached hydrogens (tertiary/aromatic N) is 3. The van der Waals surface area contributed by atoms with E-state index in [-0.39, 0.29) is 22.2 Å². The number of hydrogen-bond acceptors (Lipinski definition) is 6. The van der Waals surface area contributed by atoms with Crippen LogP contribution >= 0.6 is 27.7 Å². The first-order chi connectivity index (χ1) is 13.9. The Morgan fingerprint density at radius 1 is 1.10 bits per heavy atom. The standard InChI is InChI=1S/C20H18BrN3O3S2/c1-2-12-24-19(14-29(26,27)17-6-4-3-5-7-17)22-23-20(24)28-13-18(25)15-8-10-16(21)11-9-15/h2-11H,1,12-14H2. The third-order valence-electron chi connectivity index (χ3n) is 4.03. The van der Waals surface area contributed by atoms with Crippen LogP contribution in [0.5, 0.6) is 0 Å². The van der Waals surface area contributed by atoms with Gasteiger partial charge in [-0.1, -0.05) is 64.1 Å². The molecule has 0 atom stereocenters. The molecule has 0 N–H and O–H groups in total. The maximum atomic E-state index is 12.7. The average Bonchev–Trinajstić information content (AvgIpc) is 3.08. The van der Waals surface area contributed by atoms with E-state index in [0.717, 1.165) is 4.47 Å². The number of thioether (sulfide) groups is 1. The van der Waals surface area contributed by atoms with Crippen LogP contribution in [0.15, 0.2) is 81.8 Å². The van der Waals surface area contributed by atoms with Crippen molar-refractivity contribution in [1.29, 1.82) is 0 Å². The zero-order valence-corrected chi connectivity index (χ0v) is 18.6. The Morgan fingerprint density at radius 2 is 1.79 bits per heavy atom. The molecule has 0 bridgehead atoms. The topological polar surface area (TPSA) is 81.9 Å². The van der Waals surface area contributed by atoms with Gasteiger partial charge in [0.15, 0.2) is 20.8 Å². The summed E-state index contributed by atoms with van der Waals surface area (Å²) in [5.74, 6) is 0.156. The number of Topliss-reactive ketones (excluding diaryl/α,β-unsaturated/α-hetero) is 1. The molecule has 0 aliphatic rings. The number of halogens is 1. The average molecular weight is 492 g/mol. The quantitative estimate of drug-likeness (QED) is 0.253. The van der Waals surface area contributed by atoms with Crippen LogP contribution in [0.3, 0.4) is 0 Å². The van der Waals surface area contributed by atoms with Crippen molar-refractivity contribution >= 4 is 43.3 Å². The van der Waals surface area contributed by atoms with E-state index < -0.39 is 9.84 Å². The minimum Gasteiger partial charge on any atom is -0.301 e. The Labute approximate surface area is 182 Å². The lowest BCUT2D eigenvalue weighted by Gasteiger charge is -2.08. The van der Waals surface area contributed by atoms with Crippen LogP contribution in [0.2, 0.25) is 0 Å². The van der Waals surface area contributed by atoms with E-state index >= 15 is 0 Å². The second kappa shape index (κ2) is 9.51. The van der Waals surface area contributed by atoms with Gasteiger partial charge in [-0.3, -0.25) is 4.79 Å². The fourth-order valence-corrected chi connectivity index (χ4v) is 4.99. The highest BCUT2D eigenvalue weighted by atomic mass is 79.9. The molecule has 0 radical (unpaired) electrons. The third-order valence-corrected chi connectivity index (χ3v) is 7.15. The van der Waals surface area contributed by atoms with Crippen LogP contribution < -0.4 is 0 Å². The summed E-state index contributed by atoms with van der Waals surface area (Å²) in [4.78, 5) is 12.6. The van der Waals surface area contributed by atoms with Crippen molar-refractivity contribution in [2.75, 3.05) is 5.75 Å². The molecule has 0 spiro atoms. The fourth-order valence-electron chi connectivity index (χ4n) is 2.58. The van der Waals surface area contributed by atoms with Crippen LogP contribution in [-0.2, 0) is 22.1 Å². The lowest BCUT2D eigenvalue weighted by atomic mass is 10.2. The van der Waals surface area contributed by atoms with Crippen LogP contribution in [0.25, 0.3) is 0 Å². The summed E-state index contributed by atoms with van der Waals surface area (Å²) in [5.41, 5.74) is 0.599. The summed E-state index contributed by atoms with van der Waals surface area (Å²) >= 11 is 4.57. The number of carbonyl (C=O) groups excluding carboxylic acids is 1. The zero-order chi connectivity index (χ0) is 20.9. The zero-order valence-electron chi connectivity index (χ0n) is 15.4. The van der Waals surface area contributed by atoms with Gasteiger partial charge in [-0.2, -0.15) is 0 Å². The maximum Gasteiger partial charge on any atom is 0.191 e. The molecule has 0 saturated heterocycles. The summed E-state index contributed by atoms with van der Waals surface area (Å²) < 4.78 is 27.9. The van der Waals surface area contributed by atoms with Gasteiger partial charge in [0, 0.05) is 16.6 Å². The van der Waals surface area contributed by atoms with E-state index in [2.05, 4.69) is 32.7 Å². The van der Waals surface area contributed by atoms with E-state index in [1.165, 1.54) is 11.8 Å². The number of hydrogen-bond donors (Lipinski definition) is 0. The van der Waals surface area contributed by atoms with E-state index in [0.29, 0.717) is 23.1 Å². The first kappa shape index (κ1) is 21.5. The summed E-state index contributed by atoms with van der Waals surface area (Å²) in [5, 5.41) is 8.63. The molecule has 0 unspecified atom stereocenters. The Hall–Kier alpha value is -2.23. The van der Waals surface area contributed by atoms with Crippen LogP contribution in [-0.4, -0.2) is 34.7 Å².